The van der Waals surface area contributed by atoms with E-state index in [9.17, 15) is 13.2 Å². The van der Waals surface area contributed by atoms with Crippen molar-refractivity contribution in [1.29, 1.82) is 0 Å². The first-order valence-corrected chi connectivity index (χ1v) is 5.63. The van der Waals surface area contributed by atoms with E-state index in [1.165, 1.54) is 23.9 Å². The minimum Gasteiger partial charge on any atom is -0.396 e. The summed E-state index contributed by atoms with van der Waals surface area (Å²) in [5, 5.41) is 9.06. The van der Waals surface area contributed by atoms with Crippen molar-refractivity contribution in [1.82, 2.24) is 4.98 Å². The minimum atomic E-state index is -4.41. The monoisotopic (exact) mass is 251 g/mol. The summed E-state index contributed by atoms with van der Waals surface area (Å²) < 4.78 is 37.0. The van der Waals surface area contributed by atoms with Crippen LogP contribution in [-0.2, 0) is 6.18 Å². The zero-order valence-corrected chi connectivity index (χ0v) is 9.48. The summed E-state index contributed by atoms with van der Waals surface area (Å²) in [7, 11) is 0. The van der Waals surface area contributed by atoms with Crippen molar-refractivity contribution >= 4 is 11.8 Å². The van der Waals surface area contributed by atoms with Gasteiger partial charge < -0.3 is 5.11 Å². The second-order valence-electron chi connectivity index (χ2n) is 3.30. The lowest BCUT2D eigenvalue weighted by molar-refractivity contribution is -0.141. The molecule has 0 saturated heterocycles. The molecule has 0 aromatic carbocycles. The van der Waals surface area contributed by atoms with Crippen LogP contribution in [0.2, 0.25) is 0 Å². The third kappa shape index (κ3) is 4.02. The molecule has 1 N–H and O–H groups in total. The van der Waals surface area contributed by atoms with E-state index < -0.39 is 11.9 Å². The smallest absolute Gasteiger partial charge is 0.396 e. The zero-order chi connectivity index (χ0) is 12.2. The summed E-state index contributed by atoms with van der Waals surface area (Å²) in [6.07, 6.45) is -3.88. The van der Waals surface area contributed by atoms with Crippen LogP contribution in [0.3, 0.4) is 0 Å². The number of aromatic nitrogens is 1. The molecule has 2 nitrogen and oxygen atoms in total. The van der Waals surface area contributed by atoms with E-state index in [0.717, 1.165) is 6.07 Å². The fraction of sp³-hybridized carbons (Fsp3) is 0.500. The molecule has 0 amide bonds. The minimum absolute atomic E-state index is 0.0210. The number of hydrogen-bond acceptors (Lipinski definition) is 3. The van der Waals surface area contributed by atoms with Crippen molar-refractivity contribution in [2.45, 2.75) is 29.8 Å². The Morgan fingerprint density at radius 3 is 2.69 bits per heavy atom. The number of aliphatic hydroxyl groups excluding tert-OH is 1. The molecule has 0 saturated carbocycles. The van der Waals surface area contributed by atoms with Gasteiger partial charge in [0.25, 0.3) is 0 Å². The van der Waals surface area contributed by atoms with Gasteiger partial charge in [-0.2, -0.15) is 13.2 Å². The SMILES string of the molecule is CC(CCO)Sc1cccc(C(F)(F)F)n1. The Balaban J connectivity index is 2.75. The van der Waals surface area contributed by atoms with Gasteiger partial charge in [0.05, 0.1) is 5.03 Å². The molecule has 0 aliphatic rings. The van der Waals surface area contributed by atoms with Crippen LogP contribution >= 0.6 is 11.8 Å². The summed E-state index contributed by atoms with van der Waals surface area (Å²) in [6, 6.07) is 3.82. The molecule has 1 heterocycles. The van der Waals surface area contributed by atoms with E-state index in [-0.39, 0.29) is 11.9 Å². The standard InChI is InChI=1S/C10H12F3NOS/c1-7(5-6-15)16-9-4-2-3-8(14-9)10(11,12)13/h2-4,7,15H,5-6H2,1H3. The molecule has 1 atom stereocenters. The Labute approximate surface area is 95.9 Å². The lowest BCUT2D eigenvalue weighted by Crippen LogP contribution is -2.08. The number of alkyl halides is 3. The topological polar surface area (TPSA) is 33.1 Å². The molecular formula is C10H12F3NOS. The second kappa shape index (κ2) is 5.54. The highest BCUT2D eigenvalue weighted by Crippen LogP contribution is 2.30. The van der Waals surface area contributed by atoms with Crippen LogP contribution in [0.25, 0.3) is 0 Å². The Morgan fingerprint density at radius 2 is 2.12 bits per heavy atom. The Morgan fingerprint density at radius 1 is 1.44 bits per heavy atom. The van der Waals surface area contributed by atoms with Crippen LogP contribution in [0.1, 0.15) is 19.0 Å². The molecule has 0 aliphatic carbocycles. The van der Waals surface area contributed by atoms with Crippen LogP contribution in [0.15, 0.2) is 23.2 Å². The quantitative estimate of drug-likeness (QED) is 0.835. The van der Waals surface area contributed by atoms with Crippen LogP contribution in [0.4, 0.5) is 13.2 Å². The van der Waals surface area contributed by atoms with E-state index in [2.05, 4.69) is 4.98 Å². The van der Waals surface area contributed by atoms with Crippen LogP contribution < -0.4 is 0 Å². The number of nitrogens with zero attached hydrogens (tertiary/aromatic N) is 1. The molecule has 0 bridgehead atoms. The fourth-order valence-electron chi connectivity index (χ4n) is 1.09. The molecule has 0 aliphatic heterocycles. The van der Waals surface area contributed by atoms with Gasteiger partial charge in [0.2, 0.25) is 0 Å². The van der Waals surface area contributed by atoms with Crippen molar-refractivity contribution in [3.05, 3.63) is 23.9 Å². The highest BCUT2D eigenvalue weighted by molar-refractivity contribution is 7.99. The molecule has 90 valence electrons. The van der Waals surface area contributed by atoms with Gasteiger partial charge in [-0.3, -0.25) is 0 Å². The lowest BCUT2D eigenvalue weighted by Gasteiger charge is -2.10. The van der Waals surface area contributed by atoms with Crippen LogP contribution in [-0.4, -0.2) is 21.9 Å². The molecule has 1 rings (SSSR count). The van der Waals surface area contributed by atoms with E-state index in [1.807, 2.05) is 6.92 Å². The van der Waals surface area contributed by atoms with Crippen molar-refractivity contribution in [2.24, 2.45) is 0 Å². The van der Waals surface area contributed by atoms with Gasteiger partial charge in [-0.1, -0.05) is 13.0 Å². The summed E-state index contributed by atoms with van der Waals surface area (Å²) in [4.78, 5) is 3.52. The lowest BCUT2D eigenvalue weighted by atomic mass is 10.3. The van der Waals surface area contributed by atoms with Crippen LogP contribution in [0.5, 0.6) is 0 Å². The predicted molar refractivity (Wildman–Crippen MR) is 56.3 cm³/mol. The molecule has 1 aromatic heterocycles. The number of pyridine rings is 1. The maximum atomic E-state index is 12.3. The van der Waals surface area contributed by atoms with Gasteiger partial charge in [-0.15, -0.1) is 11.8 Å². The molecule has 1 unspecified atom stereocenters. The average molecular weight is 251 g/mol. The van der Waals surface area contributed by atoms with Crippen molar-refractivity contribution in [3.8, 4) is 0 Å². The number of thioether (sulfide) groups is 1. The second-order valence-corrected chi connectivity index (χ2v) is 4.76. The van der Waals surface area contributed by atoms with Gasteiger partial charge in [0, 0.05) is 11.9 Å². The predicted octanol–water partition coefficient (Wildman–Crippen LogP) is 2.96. The van der Waals surface area contributed by atoms with Crippen molar-refractivity contribution < 1.29 is 18.3 Å². The third-order valence-corrected chi connectivity index (χ3v) is 2.98. The summed E-state index contributed by atoms with van der Waals surface area (Å²) >= 11 is 1.23. The average Bonchev–Trinajstić information content (AvgIpc) is 2.17. The molecular weight excluding hydrogens is 239 g/mol. The number of rotatable bonds is 4. The maximum absolute atomic E-state index is 12.3. The number of hydrogen-bond donors (Lipinski definition) is 1. The fourth-order valence-corrected chi connectivity index (χ4v) is 2.03. The van der Waals surface area contributed by atoms with E-state index in [0.29, 0.717) is 11.4 Å². The maximum Gasteiger partial charge on any atom is 0.433 e. The van der Waals surface area contributed by atoms with Gasteiger partial charge in [-0.05, 0) is 18.6 Å². The van der Waals surface area contributed by atoms with Gasteiger partial charge in [0.15, 0.2) is 0 Å². The zero-order valence-electron chi connectivity index (χ0n) is 8.66. The van der Waals surface area contributed by atoms with E-state index >= 15 is 0 Å². The molecule has 6 heteroatoms. The van der Waals surface area contributed by atoms with E-state index in [4.69, 9.17) is 5.11 Å². The first-order valence-electron chi connectivity index (χ1n) is 4.75. The molecule has 0 spiro atoms. The highest BCUT2D eigenvalue weighted by atomic mass is 32.2. The van der Waals surface area contributed by atoms with Gasteiger partial charge in [-0.25, -0.2) is 4.98 Å². The third-order valence-electron chi connectivity index (χ3n) is 1.87. The Bertz CT molecular complexity index is 343. The van der Waals surface area contributed by atoms with Crippen molar-refractivity contribution in [3.63, 3.8) is 0 Å². The highest BCUT2D eigenvalue weighted by Gasteiger charge is 2.32. The molecule has 0 radical (unpaired) electrons. The Kier molecular flexibility index (Phi) is 4.61. The first-order chi connectivity index (χ1) is 7.43. The van der Waals surface area contributed by atoms with Gasteiger partial charge in [0.1, 0.15) is 5.69 Å². The normalized spacial score (nSPS) is 13.8. The summed E-state index contributed by atoms with van der Waals surface area (Å²) in [6.45, 7) is 1.86. The summed E-state index contributed by atoms with van der Waals surface area (Å²) in [5.41, 5.74) is -0.881. The molecule has 0 fully saturated rings. The van der Waals surface area contributed by atoms with E-state index in [1.54, 1.807) is 0 Å². The van der Waals surface area contributed by atoms with Crippen molar-refractivity contribution in [2.75, 3.05) is 6.61 Å². The summed E-state index contributed by atoms with van der Waals surface area (Å²) in [5.74, 6) is 0. The van der Waals surface area contributed by atoms with Crippen LogP contribution in [0, 0.1) is 0 Å². The first kappa shape index (κ1) is 13.3. The largest absolute Gasteiger partial charge is 0.433 e. The molecule has 16 heavy (non-hydrogen) atoms. The molecule has 1 aromatic rings. The Hall–Kier alpha value is -0.750. The number of aliphatic hydroxyl groups is 1. The number of halogens is 3. The van der Waals surface area contributed by atoms with Gasteiger partial charge >= 0.3 is 6.18 Å².